The summed E-state index contributed by atoms with van der Waals surface area (Å²) < 4.78 is 42.1. The van der Waals surface area contributed by atoms with Crippen LogP contribution in [0.15, 0.2) is 36.4 Å². The summed E-state index contributed by atoms with van der Waals surface area (Å²) in [6.45, 7) is 0.381. The van der Waals surface area contributed by atoms with E-state index in [-0.39, 0.29) is 27.2 Å². The molecular formula is C23H32O9. The molecule has 0 aliphatic carbocycles. The highest BCUT2D eigenvalue weighted by Gasteiger charge is 2.15. The third-order valence-corrected chi connectivity index (χ3v) is 4.42. The molecule has 0 radical (unpaired) electrons. The van der Waals surface area contributed by atoms with Crippen LogP contribution >= 0.6 is 0 Å². The van der Waals surface area contributed by atoms with E-state index in [0.29, 0.717) is 41.4 Å². The Bertz CT molecular complexity index is 797. The molecule has 0 saturated heterocycles. The van der Waals surface area contributed by atoms with Crippen LogP contribution in [-0.2, 0) is 25.4 Å². The van der Waals surface area contributed by atoms with Gasteiger partial charge in [0.15, 0.2) is 38.7 Å². The minimum Gasteiger partial charge on any atom is -0.467 e. The van der Waals surface area contributed by atoms with E-state index < -0.39 is 6.10 Å². The fraction of sp³-hybridized carbons (Fsp3) is 0.478. The summed E-state index contributed by atoms with van der Waals surface area (Å²) in [5.74, 6) is 2.21. The van der Waals surface area contributed by atoms with Crippen molar-refractivity contribution in [3.05, 3.63) is 47.5 Å². The number of methoxy groups -OCH3 is 4. The molecule has 2 aromatic carbocycles. The van der Waals surface area contributed by atoms with Crippen LogP contribution in [0.5, 0.6) is 23.0 Å². The first-order valence-corrected chi connectivity index (χ1v) is 10.0. The zero-order chi connectivity index (χ0) is 23.2. The number of hydrogen-bond acceptors (Lipinski definition) is 9. The first-order valence-electron chi connectivity index (χ1n) is 10.0. The highest BCUT2D eigenvalue weighted by molar-refractivity contribution is 5.44. The van der Waals surface area contributed by atoms with Crippen LogP contribution in [0.25, 0.3) is 0 Å². The molecule has 0 heterocycles. The van der Waals surface area contributed by atoms with E-state index in [2.05, 4.69) is 0 Å². The van der Waals surface area contributed by atoms with Crippen molar-refractivity contribution in [2.75, 3.05) is 55.6 Å². The third kappa shape index (κ3) is 8.18. The molecule has 9 heteroatoms. The number of aliphatic hydroxyl groups excluding tert-OH is 1. The van der Waals surface area contributed by atoms with E-state index >= 15 is 0 Å². The second-order valence-electron chi connectivity index (χ2n) is 6.73. The zero-order valence-electron chi connectivity index (χ0n) is 19.0. The lowest BCUT2D eigenvalue weighted by Gasteiger charge is -2.17. The van der Waals surface area contributed by atoms with E-state index in [4.69, 9.17) is 37.9 Å². The molecule has 0 spiro atoms. The van der Waals surface area contributed by atoms with Crippen molar-refractivity contribution in [3.8, 4) is 23.0 Å². The van der Waals surface area contributed by atoms with Gasteiger partial charge >= 0.3 is 0 Å². The summed E-state index contributed by atoms with van der Waals surface area (Å²) >= 11 is 0. The Labute approximate surface area is 188 Å². The fourth-order valence-electron chi connectivity index (χ4n) is 2.88. The summed E-state index contributed by atoms with van der Waals surface area (Å²) in [7, 11) is 6.18. The second-order valence-corrected chi connectivity index (χ2v) is 6.73. The van der Waals surface area contributed by atoms with Gasteiger partial charge in [0.2, 0.25) is 0 Å². The minimum absolute atomic E-state index is 0.0561. The Morgan fingerprint density at radius 1 is 0.656 bits per heavy atom. The van der Waals surface area contributed by atoms with Crippen LogP contribution in [0.2, 0.25) is 0 Å². The van der Waals surface area contributed by atoms with Gasteiger partial charge in [-0.05, 0) is 42.2 Å². The normalized spacial score (nSPS) is 11.8. The average molecular weight is 453 g/mol. The zero-order valence-corrected chi connectivity index (χ0v) is 19.0. The van der Waals surface area contributed by atoms with Crippen molar-refractivity contribution in [2.24, 2.45) is 0 Å². The Morgan fingerprint density at radius 2 is 1.25 bits per heavy atom. The molecule has 2 aromatic rings. The highest BCUT2D eigenvalue weighted by atomic mass is 16.7. The number of rotatable bonds is 16. The smallest absolute Gasteiger partial charge is 0.188 e. The van der Waals surface area contributed by atoms with E-state index in [9.17, 15) is 5.11 Å². The van der Waals surface area contributed by atoms with Gasteiger partial charge in [0.05, 0.1) is 6.10 Å². The van der Waals surface area contributed by atoms with Crippen molar-refractivity contribution < 1.29 is 43.0 Å². The number of aliphatic hydroxyl groups is 1. The van der Waals surface area contributed by atoms with Crippen LogP contribution in [0, 0.1) is 0 Å². The fourth-order valence-corrected chi connectivity index (χ4v) is 2.88. The highest BCUT2D eigenvalue weighted by Crippen LogP contribution is 2.33. The van der Waals surface area contributed by atoms with Gasteiger partial charge in [-0.1, -0.05) is 12.1 Å². The van der Waals surface area contributed by atoms with Gasteiger partial charge < -0.3 is 43.0 Å². The minimum atomic E-state index is -0.726. The van der Waals surface area contributed by atoms with Crippen molar-refractivity contribution in [3.63, 3.8) is 0 Å². The number of aryl methyl sites for hydroxylation is 1. The Hall–Kier alpha value is -2.56. The first-order chi connectivity index (χ1) is 15.6. The molecule has 0 aliphatic heterocycles. The topological polar surface area (TPSA) is 94.1 Å². The van der Waals surface area contributed by atoms with E-state index in [1.807, 2.05) is 12.1 Å². The lowest BCUT2D eigenvalue weighted by molar-refractivity contribution is 0.0320. The van der Waals surface area contributed by atoms with Gasteiger partial charge in [0.25, 0.3) is 0 Å². The maximum absolute atomic E-state index is 10.8. The summed E-state index contributed by atoms with van der Waals surface area (Å²) in [6.07, 6.45) is 0.306. The predicted molar refractivity (Wildman–Crippen MR) is 116 cm³/mol. The monoisotopic (exact) mass is 452 g/mol. The molecule has 1 N–H and O–H groups in total. The van der Waals surface area contributed by atoms with Crippen LogP contribution in [0.4, 0.5) is 0 Å². The number of hydrogen-bond donors (Lipinski definition) is 1. The Balaban J connectivity index is 2.10. The van der Waals surface area contributed by atoms with Crippen molar-refractivity contribution >= 4 is 0 Å². The molecule has 0 bridgehead atoms. The molecule has 32 heavy (non-hydrogen) atoms. The maximum Gasteiger partial charge on any atom is 0.188 e. The molecule has 0 saturated carbocycles. The average Bonchev–Trinajstić information content (AvgIpc) is 2.82. The summed E-state index contributed by atoms with van der Waals surface area (Å²) in [4.78, 5) is 0. The molecule has 9 nitrogen and oxygen atoms in total. The molecular weight excluding hydrogens is 420 g/mol. The summed E-state index contributed by atoms with van der Waals surface area (Å²) in [5.41, 5.74) is 1.61. The van der Waals surface area contributed by atoms with E-state index in [1.165, 1.54) is 14.2 Å². The van der Waals surface area contributed by atoms with Crippen LogP contribution in [0.1, 0.15) is 23.7 Å². The van der Waals surface area contributed by atoms with E-state index in [1.54, 1.807) is 38.5 Å². The SMILES string of the molecule is COCOc1ccc(CCC(O)c2ccc(OCOC)c(OCOC)c2)c(OCOC)c1. The van der Waals surface area contributed by atoms with Crippen LogP contribution < -0.4 is 18.9 Å². The predicted octanol–water partition coefficient (Wildman–Crippen LogP) is 3.28. The molecule has 2 rings (SSSR count). The van der Waals surface area contributed by atoms with Gasteiger partial charge in [-0.3, -0.25) is 0 Å². The van der Waals surface area contributed by atoms with E-state index in [0.717, 1.165) is 5.56 Å². The van der Waals surface area contributed by atoms with Crippen molar-refractivity contribution in [2.45, 2.75) is 18.9 Å². The quantitative estimate of drug-likeness (QED) is 0.385. The summed E-state index contributed by atoms with van der Waals surface area (Å²) in [5, 5.41) is 10.8. The third-order valence-electron chi connectivity index (χ3n) is 4.42. The van der Waals surface area contributed by atoms with Crippen molar-refractivity contribution in [1.82, 2.24) is 0 Å². The lowest BCUT2D eigenvalue weighted by Crippen LogP contribution is -2.07. The molecule has 1 atom stereocenters. The van der Waals surface area contributed by atoms with Gasteiger partial charge in [0.1, 0.15) is 11.5 Å². The molecule has 0 fully saturated rings. The number of benzene rings is 2. The standard InChI is InChI=1S/C23H32O9/c1-25-13-29-19-8-5-17(22(12-19)31-15-27-3)6-9-20(24)18-7-10-21(30-14-26-2)23(11-18)32-16-28-4/h5,7-8,10-12,20,24H,6,9,13-16H2,1-4H3. The lowest BCUT2D eigenvalue weighted by atomic mass is 10.00. The Kier molecular flexibility index (Phi) is 11.6. The molecule has 0 amide bonds. The molecule has 1 unspecified atom stereocenters. The van der Waals surface area contributed by atoms with Crippen LogP contribution in [-0.4, -0.2) is 60.7 Å². The first kappa shape index (κ1) is 25.7. The number of ether oxygens (including phenoxy) is 8. The van der Waals surface area contributed by atoms with Gasteiger partial charge in [-0.2, -0.15) is 0 Å². The maximum atomic E-state index is 10.8. The van der Waals surface area contributed by atoms with Gasteiger partial charge in [0, 0.05) is 34.5 Å². The van der Waals surface area contributed by atoms with Gasteiger partial charge in [-0.25, -0.2) is 0 Å². The van der Waals surface area contributed by atoms with Gasteiger partial charge in [-0.15, -0.1) is 0 Å². The largest absolute Gasteiger partial charge is 0.467 e. The summed E-state index contributed by atoms with van der Waals surface area (Å²) in [6, 6.07) is 10.8. The Morgan fingerprint density at radius 3 is 1.91 bits per heavy atom. The van der Waals surface area contributed by atoms with Crippen molar-refractivity contribution in [1.29, 1.82) is 0 Å². The molecule has 178 valence electrons. The van der Waals surface area contributed by atoms with Crippen LogP contribution in [0.3, 0.4) is 0 Å². The second kappa shape index (κ2) is 14.5. The molecule has 0 aromatic heterocycles. The molecule has 0 aliphatic rings.